The Morgan fingerprint density at radius 3 is 2.37 bits per heavy atom. The molecule has 0 saturated carbocycles. The van der Waals surface area contributed by atoms with Crippen LogP contribution in [0.5, 0.6) is 0 Å². The summed E-state index contributed by atoms with van der Waals surface area (Å²) < 4.78 is 0. The second kappa shape index (κ2) is 6.26. The molecule has 0 aromatic heterocycles. The molecule has 1 atom stereocenters. The van der Waals surface area contributed by atoms with E-state index in [1.165, 1.54) is 0 Å². The number of carboxylic acid groups (broad SMARTS) is 1. The molecule has 1 saturated heterocycles. The van der Waals surface area contributed by atoms with E-state index in [0.717, 1.165) is 19.3 Å². The first kappa shape index (κ1) is 15.8. The molecule has 19 heavy (non-hydrogen) atoms. The number of rotatable bonds is 3. The van der Waals surface area contributed by atoms with Gasteiger partial charge in [0.1, 0.15) is 6.04 Å². The fourth-order valence-corrected chi connectivity index (χ4v) is 2.36. The van der Waals surface area contributed by atoms with E-state index in [-0.39, 0.29) is 17.4 Å². The van der Waals surface area contributed by atoms with Crippen molar-refractivity contribution in [1.82, 2.24) is 10.2 Å². The summed E-state index contributed by atoms with van der Waals surface area (Å²) in [5.74, 6) is -1.09. The zero-order valence-electron chi connectivity index (χ0n) is 12.4. The number of hydrogen-bond acceptors (Lipinski definition) is 2. The topological polar surface area (TPSA) is 69.6 Å². The summed E-state index contributed by atoms with van der Waals surface area (Å²) in [5.41, 5.74) is 0.263. The SMILES string of the molecule is CC(C)[C@H](NC(=O)N1CCCC(C)(C)CC1)C(=O)O. The van der Waals surface area contributed by atoms with E-state index in [0.29, 0.717) is 13.1 Å². The highest BCUT2D eigenvalue weighted by Gasteiger charge is 2.29. The number of hydrogen-bond donors (Lipinski definition) is 2. The monoisotopic (exact) mass is 270 g/mol. The largest absolute Gasteiger partial charge is 0.480 e. The zero-order chi connectivity index (χ0) is 14.6. The number of amides is 2. The van der Waals surface area contributed by atoms with Crippen molar-refractivity contribution in [2.45, 2.75) is 53.0 Å². The molecule has 1 fully saturated rings. The van der Waals surface area contributed by atoms with Crippen molar-refractivity contribution >= 4 is 12.0 Å². The predicted molar refractivity (Wildman–Crippen MR) is 74.0 cm³/mol. The van der Waals surface area contributed by atoms with Gasteiger partial charge in [-0.3, -0.25) is 0 Å². The molecule has 110 valence electrons. The van der Waals surface area contributed by atoms with Crippen molar-refractivity contribution < 1.29 is 14.7 Å². The Balaban J connectivity index is 2.60. The second-order valence-corrected chi connectivity index (χ2v) is 6.51. The molecule has 2 N–H and O–H groups in total. The van der Waals surface area contributed by atoms with Gasteiger partial charge in [-0.05, 0) is 30.6 Å². The Hall–Kier alpha value is -1.26. The lowest BCUT2D eigenvalue weighted by Crippen LogP contribution is -2.50. The van der Waals surface area contributed by atoms with Gasteiger partial charge >= 0.3 is 12.0 Å². The van der Waals surface area contributed by atoms with Crippen LogP contribution in [0.15, 0.2) is 0 Å². The van der Waals surface area contributed by atoms with E-state index in [1.54, 1.807) is 18.7 Å². The maximum Gasteiger partial charge on any atom is 0.326 e. The fraction of sp³-hybridized carbons (Fsp3) is 0.857. The lowest BCUT2D eigenvalue weighted by atomic mass is 9.85. The van der Waals surface area contributed by atoms with Crippen LogP contribution in [0.4, 0.5) is 4.79 Å². The van der Waals surface area contributed by atoms with Crippen molar-refractivity contribution in [3.63, 3.8) is 0 Å². The highest BCUT2D eigenvalue weighted by Crippen LogP contribution is 2.29. The average molecular weight is 270 g/mol. The molecule has 0 bridgehead atoms. The highest BCUT2D eigenvalue weighted by molar-refractivity contribution is 5.82. The molecule has 0 unspecified atom stereocenters. The molecule has 0 aromatic carbocycles. The number of aliphatic carboxylic acids is 1. The first-order chi connectivity index (χ1) is 8.73. The van der Waals surface area contributed by atoms with Gasteiger partial charge in [0.05, 0.1) is 0 Å². The molecule has 1 heterocycles. The Kier molecular flexibility index (Phi) is 5.20. The summed E-state index contributed by atoms with van der Waals surface area (Å²) in [4.78, 5) is 25.0. The first-order valence-electron chi connectivity index (χ1n) is 7.01. The quantitative estimate of drug-likeness (QED) is 0.827. The standard InChI is InChI=1S/C14H26N2O3/c1-10(2)11(12(17)18)15-13(19)16-8-5-6-14(3,4)7-9-16/h10-11H,5-9H2,1-4H3,(H,15,19)(H,17,18)/t11-/m0/s1. The van der Waals surface area contributed by atoms with Gasteiger partial charge in [-0.15, -0.1) is 0 Å². The van der Waals surface area contributed by atoms with Crippen LogP contribution in [0.3, 0.4) is 0 Å². The summed E-state index contributed by atoms with van der Waals surface area (Å²) in [5, 5.41) is 11.7. The van der Waals surface area contributed by atoms with Crippen molar-refractivity contribution in [2.75, 3.05) is 13.1 Å². The molecule has 1 aliphatic heterocycles. The molecule has 1 aliphatic rings. The summed E-state index contributed by atoms with van der Waals surface area (Å²) in [6, 6.07) is -1.07. The molecule has 0 aliphatic carbocycles. The number of likely N-dealkylation sites (tertiary alicyclic amines) is 1. The number of nitrogens with zero attached hydrogens (tertiary/aromatic N) is 1. The van der Waals surface area contributed by atoms with Crippen LogP contribution in [-0.2, 0) is 4.79 Å². The Bertz CT molecular complexity index is 340. The Morgan fingerprint density at radius 1 is 1.21 bits per heavy atom. The normalized spacial score (nSPS) is 20.8. The van der Waals surface area contributed by atoms with Crippen LogP contribution >= 0.6 is 0 Å². The van der Waals surface area contributed by atoms with Gasteiger partial charge in [0.2, 0.25) is 0 Å². The van der Waals surface area contributed by atoms with Gasteiger partial charge in [-0.25, -0.2) is 9.59 Å². The van der Waals surface area contributed by atoms with Crippen molar-refractivity contribution in [3.05, 3.63) is 0 Å². The Morgan fingerprint density at radius 2 is 1.84 bits per heavy atom. The summed E-state index contributed by atoms with van der Waals surface area (Å²) in [6.45, 7) is 9.42. The van der Waals surface area contributed by atoms with Gasteiger partial charge in [0.25, 0.3) is 0 Å². The molecule has 0 aromatic rings. The lowest BCUT2D eigenvalue weighted by Gasteiger charge is -2.26. The van der Waals surface area contributed by atoms with E-state index >= 15 is 0 Å². The maximum absolute atomic E-state index is 12.1. The molecule has 5 heteroatoms. The van der Waals surface area contributed by atoms with Crippen LogP contribution in [-0.4, -0.2) is 41.1 Å². The van der Waals surface area contributed by atoms with Crippen molar-refractivity contribution in [3.8, 4) is 0 Å². The average Bonchev–Trinajstić information content (AvgIpc) is 2.46. The fourth-order valence-electron chi connectivity index (χ4n) is 2.36. The van der Waals surface area contributed by atoms with Crippen molar-refractivity contribution in [1.29, 1.82) is 0 Å². The van der Waals surface area contributed by atoms with E-state index in [1.807, 2.05) is 0 Å². The Labute approximate surface area is 115 Å². The van der Waals surface area contributed by atoms with Crippen LogP contribution in [0.1, 0.15) is 47.0 Å². The molecule has 2 amide bonds. The summed E-state index contributed by atoms with van der Waals surface area (Å²) >= 11 is 0. The second-order valence-electron chi connectivity index (χ2n) is 6.51. The molecule has 5 nitrogen and oxygen atoms in total. The third-order valence-corrected chi connectivity index (χ3v) is 3.84. The number of carboxylic acids is 1. The van der Waals surface area contributed by atoms with Gasteiger partial charge in [0, 0.05) is 13.1 Å². The number of carbonyl (C=O) groups is 2. The molecular weight excluding hydrogens is 244 g/mol. The van der Waals surface area contributed by atoms with Gasteiger partial charge < -0.3 is 15.3 Å². The minimum Gasteiger partial charge on any atom is -0.480 e. The van der Waals surface area contributed by atoms with Crippen molar-refractivity contribution in [2.24, 2.45) is 11.3 Å². The van der Waals surface area contributed by atoms with E-state index in [4.69, 9.17) is 5.11 Å². The molecule has 0 spiro atoms. The van der Waals surface area contributed by atoms with E-state index in [2.05, 4.69) is 19.2 Å². The minimum absolute atomic E-state index is 0.120. The van der Waals surface area contributed by atoms with Crippen LogP contribution in [0, 0.1) is 11.3 Å². The number of urea groups is 1. The van der Waals surface area contributed by atoms with Gasteiger partial charge in [-0.1, -0.05) is 27.7 Å². The van der Waals surface area contributed by atoms with Gasteiger partial charge in [-0.2, -0.15) is 0 Å². The minimum atomic E-state index is -0.974. The van der Waals surface area contributed by atoms with Crippen LogP contribution < -0.4 is 5.32 Å². The third kappa shape index (κ3) is 4.73. The van der Waals surface area contributed by atoms with E-state index in [9.17, 15) is 9.59 Å². The number of nitrogens with one attached hydrogen (secondary N) is 1. The maximum atomic E-state index is 12.1. The molecular formula is C14H26N2O3. The molecule has 0 radical (unpaired) electrons. The van der Waals surface area contributed by atoms with Crippen LogP contribution in [0.25, 0.3) is 0 Å². The van der Waals surface area contributed by atoms with Gasteiger partial charge in [0.15, 0.2) is 0 Å². The van der Waals surface area contributed by atoms with E-state index < -0.39 is 12.0 Å². The predicted octanol–water partition coefficient (Wildman–Crippen LogP) is 2.32. The smallest absolute Gasteiger partial charge is 0.326 e. The zero-order valence-corrected chi connectivity index (χ0v) is 12.4. The lowest BCUT2D eigenvalue weighted by molar-refractivity contribution is -0.140. The van der Waals surface area contributed by atoms with Crippen LogP contribution in [0.2, 0.25) is 0 Å². The molecule has 1 rings (SSSR count). The summed E-state index contributed by atoms with van der Waals surface area (Å²) in [6.07, 6.45) is 3.03. The first-order valence-corrected chi connectivity index (χ1v) is 7.01. The third-order valence-electron chi connectivity index (χ3n) is 3.84. The summed E-state index contributed by atoms with van der Waals surface area (Å²) in [7, 11) is 0. The highest BCUT2D eigenvalue weighted by atomic mass is 16.4. The number of carbonyl (C=O) groups excluding carboxylic acids is 1.